The first-order valence-corrected chi connectivity index (χ1v) is 7.80. The first-order chi connectivity index (χ1) is 10.5. The summed E-state index contributed by atoms with van der Waals surface area (Å²) >= 11 is 22.9. The average Bonchev–Trinajstić information content (AvgIpc) is 2.50. The molecule has 1 aromatic rings. The molecule has 0 heterocycles. The van der Waals surface area contributed by atoms with Crippen LogP contribution in [0.2, 0.25) is 10.0 Å². The summed E-state index contributed by atoms with van der Waals surface area (Å²) in [5.74, 6) is 0.832. The quantitative estimate of drug-likeness (QED) is 0.410. The predicted octanol–water partition coefficient (Wildman–Crippen LogP) is 6.50. The molecule has 0 atom stereocenters. The van der Waals surface area contributed by atoms with Crippen molar-refractivity contribution in [1.29, 1.82) is 0 Å². The van der Waals surface area contributed by atoms with E-state index in [0.29, 0.717) is 21.5 Å². The van der Waals surface area contributed by atoms with E-state index in [2.05, 4.69) is 13.2 Å². The number of benzene rings is 1. The third-order valence-corrected chi connectivity index (χ3v) is 2.65. The molecule has 1 rings (SSSR count). The van der Waals surface area contributed by atoms with Crippen LogP contribution in [0.3, 0.4) is 0 Å². The second-order valence-corrected chi connectivity index (χ2v) is 4.89. The summed E-state index contributed by atoms with van der Waals surface area (Å²) in [5.41, 5.74) is 0. The largest absolute Gasteiger partial charge is 0.489 e. The molecule has 126 valence electrons. The molecule has 0 fully saturated rings. The first kappa shape index (κ1) is 23.7. The van der Waals surface area contributed by atoms with Crippen LogP contribution >= 0.6 is 46.4 Å². The Morgan fingerprint density at radius 2 is 1.59 bits per heavy atom. The van der Waals surface area contributed by atoms with Crippen LogP contribution in [0.25, 0.3) is 0 Å². The Labute approximate surface area is 152 Å². The van der Waals surface area contributed by atoms with Crippen molar-refractivity contribution in [2.24, 2.45) is 0 Å². The van der Waals surface area contributed by atoms with Gasteiger partial charge in [0.2, 0.25) is 0 Å². The minimum atomic E-state index is 0.0598. The minimum absolute atomic E-state index is 0.0598. The van der Waals surface area contributed by atoms with E-state index in [0.717, 1.165) is 0 Å². The zero-order valence-electron chi connectivity index (χ0n) is 12.8. The third kappa shape index (κ3) is 10.2. The Balaban J connectivity index is 0. The van der Waals surface area contributed by atoms with Crippen LogP contribution in [-0.2, 0) is 4.74 Å². The minimum Gasteiger partial charge on any atom is -0.489 e. The van der Waals surface area contributed by atoms with E-state index in [1.54, 1.807) is 12.1 Å². The molecule has 22 heavy (non-hydrogen) atoms. The van der Waals surface area contributed by atoms with Crippen LogP contribution in [0.1, 0.15) is 13.8 Å². The highest BCUT2D eigenvalue weighted by molar-refractivity contribution is 6.55. The van der Waals surface area contributed by atoms with Crippen molar-refractivity contribution in [1.82, 2.24) is 0 Å². The molecule has 0 spiro atoms. The van der Waals surface area contributed by atoms with Gasteiger partial charge < -0.3 is 14.2 Å². The number of rotatable bonds is 6. The Morgan fingerprint density at radius 3 is 2.00 bits per heavy atom. The molecule has 0 saturated heterocycles. The Kier molecular flexibility index (Phi) is 16.5. The van der Waals surface area contributed by atoms with E-state index in [1.165, 1.54) is 13.2 Å². The fraction of sp³-hybridized carbons (Fsp3) is 0.333. The molecule has 0 saturated carbocycles. The number of hydrogen-bond acceptors (Lipinski definition) is 3. The molecule has 0 aliphatic rings. The van der Waals surface area contributed by atoms with Gasteiger partial charge in [-0.2, -0.15) is 0 Å². The fourth-order valence-corrected chi connectivity index (χ4v) is 1.78. The summed E-state index contributed by atoms with van der Waals surface area (Å²) in [4.78, 5) is 0. The molecule has 0 unspecified atom stereocenters. The molecule has 1 aromatic carbocycles. The smallest absolute Gasteiger partial charge is 0.188 e. The van der Waals surface area contributed by atoms with Crippen LogP contribution in [0, 0.1) is 0 Å². The zero-order chi connectivity index (χ0) is 17.5. The molecule has 0 aromatic heterocycles. The van der Waals surface area contributed by atoms with Gasteiger partial charge in [0.1, 0.15) is 16.8 Å². The van der Waals surface area contributed by atoms with Gasteiger partial charge in [-0.3, -0.25) is 0 Å². The first-order valence-electron chi connectivity index (χ1n) is 6.29. The van der Waals surface area contributed by atoms with Crippen LogP contribution in [-0.4, -0.2) is 20.5 Å². The van der Waals surface area contributed by atoms with Crippen LogP contribution in [0.15, 0.2) is 35.9 Å². The van der Waals surface area contributed by atoms with E-state index in [-0.39, 0.29) is 17.9 Å². The number of methoxy groups -OCH3 is 1. The van der Waals surface area contributed by atoms with Crippen molar-refractivity contribution in [3.05, 3.63) is 45.9 Å². The van der Waals surface area contributed by atoms with Gasteiger partial charge in [0.15, 0.2) is 12.5 Å². The summed E-state index contributed by atoms with van der Waals surface area (Å²) in [5, 5.41) is 0.658. The Morgan fingerprint density at radius 1 is 1.09 bits per heavy atom. The fourth-order valence-electron chi connectivity index (χ4n) is 1.08. The van der Waals surface area contributed by atoms with Crippen molar-refractivity contribution in [3.8, 4) is 11.5 Å². The van der Waals surface area contributed by atoms with Crippen LogP contribution in [0.5, 0.6) is 11.5 Å². The Bertz CT molecular complexity index is 423. The summed E-state index contributed by atoms with van der Waals surface area (Å²) in [6.07, 6.45) is 1.50. The number of ether oxygens (including phenoxy) is 3. The summed E-state index contributed by atoms with van der Waals surface area (Å²) in [6, 6.07) is 3.16. The summed E-state index contributed by atoms with van der Waals surface area (Å²) in [7, 11) is 1.50. The van der Waals surface area contributed by atoms with Crippen molar-refractivity contribution in [2.45, 2.75) is 13.8 Å². The van der Waals surface area contributed by atoms with Crippen molar-refractivity contribution in [2.75, 3.05) is 20.5 Å². The zero-order valence-corrected chi connectivity index (χ0v) is 15.8. The van der Waals surface area contributed by atoms with Crippen LogP contribution in [0.4, 0.5) is 0 Å². The lowest BCUT2D eigenvalue weighted by Crippen LogP contribution is -2.01. The number of hydrogen-bond donors (Lipinski definition) is 0. The molecule has 0 N–H and O–H groups in total. The van der Waals surface area contributed by atoms with Gasteiger partial charge in [0.05, 0.1) is 10.0 Å². The normalized spacial score (nSPS) is 8.68. The topological polar surface area (TPSA) is 27.7 Å². The number of halogens is 4. The predicted molar refractivity (Wildman–Crippen MR) is 96.9 cm³/mol. The van der Waals surface area contributed by atoms with Crippen molar-refractivity contribution >= 4 is 46.4 Å². The molecule has 3 nitrogen and oxygen atoms in total. The molecule has 0 radical (unpaired) electrons. The molecular weight excluding hydrogens is 370 g/mol. The van der Waals surface area contributed by atoms with E-state index < -0.39 is 0 Å². The molecule has 0 aliphatic heterocycles. The lowest BCUT2D eigenvalue weighted by atomic mass is 10.3. The molecule has 0 amide bonds. The maximum Gasteiger partial charge on any atom is 0.188 e. The lowest BCUT2D eigenvalue weighted by molar-refractivity contribution is 0.0512. The van der Waals surface area contributed by atoms with Gasteiger partial charge in [0, 0.05) is 19.2 Å². The van der Waals surface area contributed by atoms with Gasteiger partial charge in [-0.05, 0) is 6.08 Å². The van der Waals surface area contributed by atoms with Gasteiger partial charge in [-0.15, -0.1) is 13.2 Å². The molecular formula is C15H20Cl4O3. The second-order valence-electron chi connectivity index (χ2n) is 3.07. The molecule has 7 heteroatoms. The summed E-state index contributed by atoms with van der Waals surface area (Å²) < 4.78 is 15.5. The third-order valence-electron chi connectivity index (χ3n) is 1.78. The standard InChI is InChI=1S/C11H10Cl4O3.C2H6.C2H4/c1-16-6-18-11-8(12)4-7(5-9(11)13)17-3-2-10(14)15;2*1-2/h2,4-5H,3,6H2,1H3;1-2H3;1-2H2. The average molecular weight is 390 g/mol. The highest BCUT2D eigenvalue weighted by atomic mass is 35.5. The van der Waals surface area contributed by atoms with E-state index in [9.17, 15) is 0 Å². The van der Waals surface area contributed by atoms with Gasteiger partial charge in [0.25, 0.3) is 0 Å². The monoisotopic (exact) mass is 388 g/mol. The molecule has 0 aliphatic carbocycles. The van der Waals surface area contributed by atoms with Crippen molar-refractivity contribution in [3.63, 3.8) is 0 Å². The van der Waals surface area contributed by atoms with Crippen LogP contribution < -0.4 is 9.47 Å². The second kappa shape index (κ2) is 15.3. The van der Waals surface area contributed by atoms with E-state index >= 15 is 0 Å². The SMILES string of the molecule is C=C.CC.COCOc1c(Cl)cc(OCC=C(Cl)Cl)cc1Cl. The maximum atomic E-state index is 6.00. The lowest BCUT2D eigenvalue weighted by Gasteiger charge is -2.11. The van der Waals surface area contributed by atoms with E-state index in [4.69, 9.17) is 60.6 Å². The molecule has 0 bridgehead atoms. The highest BCUT2D eigenvalue weighted by Crippen LogP contribution is 2.36. The Hall–Kier alpha value is -0.580. The highest BCUT2D eigenvalue weighted by Gasteiger charge is 2.10. The van der Waals surface area contributed by atoms with E-state index in [1.807, 2.05) is 13.8 Å². The van der Waals surface area contributed by atoms with Gasteiger partial charge >= 0.3 is 0 Å². The summed E-state index contributed by atoms with van der Waals surface area (Å²) in [6.45, 7) is 10.3. The van der Waals surface area contributed by atoms with Crippen molar-refractivity contribution < 1.29 is 14.2 Å². The maximum absolute atomic E-state index is 6.00. The van der Waals surface area contributed by atoms with Gasteiger partial charge in [-0.25, -0.2) is 0 Å². The van der Waals surface area contributed by atoms with Gasteiger partial charge in [-0.1, -0.05) is 60.3 Å².